The minimum absolute atomic E-state index is 0.504. The smallest absolute Gasteiger partial charge is 0.198 e. The van der Waals surface area contributed by atoms with E-state index >= 15 is 0 Å². The van der Waals surface area contributed by atoms with Crippen LogP contribution in [0.25, 0.3) is 10.4 Å². The largest absolute Gasteiger partial charge is 0.383 e. The molecule has 0 amide bonds. The van der Waals surface area contributed by atoms with E-state index in [0.29, 0.717) is 10.6 Å². The zero-order valence-corrected chi connectivity index (χ0v) is 8.97. The van der Waals surface area contributed by atoms with Gasteiger partial charge >= 0.3 is 0 Å². The zero-order valence-electron chi connectivity index (χ0n) is 6.57. The molecule has 0 saturated heterocycles. The first-order valence-electron chi connectivity index (χ1n) is 3.59. The summed E-state index contributed by atoms with van der Waals surface area (Å²) in [7, 11) is 0. The molecule has 3 nitrogen and oxygen atoms in total. The number of hydrogen-bond acceptors (Lipinski definition) is 4. The zero-order chi connectivity index (χ0) is 9.26. The monoisotopic (exact) mass is 255 g/mol. The first kappa shape index (κ1) is 8.65. The van der Waals surface area contributed by atoms with Crippen LogP contribution in [0.3, 0.4) is 0 Å². The van der Waals surface area contributed by atoms with Gasteiger partial charge in [0.25, 0.3) is 0 Å². The second-order valence-electron chi connectivity index (χ2n) is 2.42. The molecular weight excluding hydrogens is 250 g/mol. The summed E-state index contributed by atoms with van der Waals surface area (Å²) in [6.45, 7) is 0. The predicted octanol–water partition coefficient (Wildman–Crippen LogP) is 2.55. The highest BCUT2D eigenvalue weighted by atomic mass is 79.9. The minimum Gasteiger partial charge on any atom is -0.383 e. The van der Waals surface area contributed by atoms with Gasteiger partial charge in [-0.25, -0.2) is 9.97 Å². The van der Waals surface area contributed by atoms with E-state index in [2.05, 4.69) is 25.9 Å². The van der Waals surface area contributed by atoms with E-state index in [0.717, 1.165) is 10.4 Å². The molecule has 2 rings (SSSR count). The lowest BCUT2D eigenvalue weighted by molar-refractivity contribution is 1.12. The Hall–Kier alpha value is -0.940. The van der Waals surface area contributed by atoms with Gasteiger partial charge in [-0.2, -0.15) is 0 Å². The Balaban J connectivity index is 2.53. The van der Waals surface area contributed by atoms with Gasteiger partial charge in [-0.15, -0.1) is 11.3 Å². The molecule has 5 heteroatoms. The predicted molar refractivity (Wildman–Crippen MR) is 57.5 cm³/mol. The van der Waals surface area contributed by atoms with Crippen molar-refractivity contribution in [2.75, 3.05) is 5.73 Å². The van der Waals surface area contributed by atoms with Crippen molar-refractivity contribution in [3.05, 3.63) is 28.4 Å². The highest BCUT2D eigenvalue weighted by molar-refractivity contribution is 9.10. The molecule has 0 saturated carbocycles. The maximum Gasteiger partial charge on any atom is 0.198 e. The molecule has 2 N–H and O–H groups in total. The van der Waals surface area contributed by atoms with Crippen LogP contribution in [0.2, 0.25) is 0 Å². The van der Waals surface area contributed by atoms with E-state index in [1.54, 1.807) is 17.5 Å². The molecule has 0 unspecified atom stereocenters. The quantitative estimate of drug-likeness (QED) is 0.797. The molecule has 2 aromatic heterocycles. The molecule has 0 fully saturated rings. The van der Waals surface area contributed by atoms with Gasteiger partial charge in [0.05, 0.1) is 5.56 Å². The Morgan fingerprint density at radius 2 is 2.31 bits per heavy atom. The minimum atomic E-state index is 0.504. The Labute approximate surface area is 87.8 Å². The van der Waals surface area contributed by atoms with Crippen molar-refractivity contribution in [3.8, 4) is 10.4 Å². The van der Waals surface area contributed by atoms with Gasteiger partial charge in [0, 0.05) is 11.1 Å². The van der Waals surface area contributed by atoms with Gasteiger partial charge in [0.15, 0.2) is 4.73 Å². The number of aromatic nitrogens is 2. The van der Waals surface area contributed by atoms with Crippen LogP contribution in [0.1, 0.15) is 0 Å². The van der Waals surface area contributed by atoms with Gasteiger partial charge in [-0.3, -0.25) is 0 Å². The van der Waals surface area contributed by atoms with E-state index in [9.17, 15) is 0 Å². The first-order valence-corrected chi connectivity index (χ1v) is 5.26. The average molecular weight is 256 g/mol. The summed E-state index contributed by atoms with van der Waals surface area (Å²) in [5.41, 5.74) is 6.63. The van der Waals surface area contributed by atoms with Crippen molar-refractivity contribution in [3.63, 3.8) is 0 Å². The molecule has 0 bridgehead atoms. The van der Waals surface area contributed by atoms with Crippen molar-refractivity contribution in [2.24, 2.45) is 0 Å². The number of halogens is 1. The SMILES string of the molecule is Nc1nc(Br)ncc1-c1cccs1. The third-order valence-corrected chi connectivity index (χ3v) is 2.86. The Bertz CT molecular complexity index is 413. The summed E-state index contributed by atoms with van der Waals surface area (Å²) in [5.74, 6) is 0.504. The summed E-state index contributed by atoms with van der Waals surface area (Å²) in [6.07, 6.45) is 1.72. The number of anilines is 1. The molecule has 0 atom stereocenters. The van der Waals surface area contributed by atoms with Gasteiger partial charge in [0.2, 0.25) is 0 Å². The number of nitrogen functional groups attached to an aromatic ring is 1. The molecule has 0 aromatic carbocycles. The normalized spacial score (nSPS) is 10.2. The third kappa shape index (κ3) is 1.71. The lowest BCUT2D eigenvalue weighted by Gasteiger charge is -2.00. The van der Waals surface area contributed by atoms with Crippen LogP contribution in [0.5, 0.6) is 0 Å². The second kappa shape index (κ2) is 3.43. The van der Waals surface area contributed by atoms with Crippen molar-refractivity contribution in [1.82, 2.24) is 9.97 Å². The van der Waals surface area contributed by atoms with E-state index < -0.39 is 0 Å². The summed E-state index contributed by atoms with van der Waals surface area (Å²) in [5, 5.41) is 2.00. The highest BCUT2D eigenvalue weighted by Crippen LogP contribution is 2.28. The molecular formula is C8H6BrN3S. The van der Waals surface area contributed by atoms with Crippen LogP contribution in [-0.4, -0.2) is 9.97 Å². The van der Waals surface area contributed by atoms with E-state index in [-0.39, 0.29) is 0 Å². The number of nitrogens with two attached hydrogens (primary N) is 1. The molecule has 0 spiro atoms. The Kier molecular flexibility index (Phi) is 2.28. The highest BCUT2D eigenvalue weighted by Gasteiger charge is 2.05. The van der Waals surface area contributed by atoms with Crippen LogP contribution >= 0.6 is 27.3 Å². The molecule has 0 radical (unpaired) electrons. The van der Waals surface area contributed by atoms with Crippen LogP contribution in [0, 0.1) is 0 Å². The maximum absolute atomic E-state index is 5.74. The van der Waals surface area contributed by atoms with Crippen molar-refractivity contribution >= 4 is 33.1 Å². The van der Waals surface area contributed by atoms with E-state index in [1.807, 2.05) is 17.5 Å². The average Bonchev–Trinajstić information content (AvgIpc) is 2.56. The number of rotatable bonds is 1. The lowest BCUT2D eigenvalue weighted by atomic mass is 10.2. The van der Waals surface area contributed by atoms with Crippen molar-refractivity contribution in [2.45, 2.75) is 0 Å². The summed E-state index contributed by atoms with van der Waals surface area (Å²) < 4.78 is 0.519. The molecule has 2 aromatic rings. The van der Waals surface area contributed by atoms with Gasteiger partial charge in [-0.05, 0) is 27.4 Å². The summed E-state index contributed by atoms with van der Waals surface area (Å²) in [6, 6.07) is 3.97. The van der Waals surface area contributed by atoms with Crippen molar-refractivity contribution < 1.29 is 0 Å². The van der Waals surface area contributed by atoms with Crippen LogP contribution in [0.15, 0.2) is 28.4 Å². The van der Waals surface area contributed by atoms with E-state index in [1.165, 1.54) is 0 Å². The first-order chi connectivity index (χ1) is 6.27. The lowest BCUT2D eigenvalue weighted by Crippen LogP contribution is -1.95. The number of nitrogens with zero attached hydrogens (tertiary/aromatic N) is 2. The summed E-state index contributed by atoms with van der Waals surface area (Å²) >= 11 is 4.78. The molecule has 2 heterocycles. The third-order valence-electron chi connectivity index (χ3n) is 1.58. The van der Waals surface area contributed by atoms with Crippen LogP contribution < -0.4 is 5.73 Å². The fourth-order valence-corrected chi connectivity index (χ4v) is 2.03. The second-order valence-corrected chi connectivity index (χ2v) is 4.07. The molecule has 13 heavy (non-hydrogen) atoms. The van der Waals surface area contributed by atoms with Gasteiger partial charge < -0.3 is 5.73 Å². The van der Waals surface area contributed by atoms with Gasteiger partial charge in [0.1, 0.15) is 5.82 Å². The Morgan fingerprint density at radius 1 is 1.46 bits per heavy atom. The van der Waals surface area contributed by atoms with Crippen LogP contribution in [-0.2, 0) is 0 Å². The standard InChI is InChI=1S/C8H6BrN3S/c9-8-11-4-5(7(10)12-8)6-2-1-3-13-6/h1-4H,(H2,10,11,12). The molecule has 0 aliphatic rings. The molecule has 0 aliphatic carbocycles. The molecule has 0 aliphatic heterocycles. The van der Waals surface area contributed by atoms with Crippen LogP contribution in [0.4, 0.5) is 5.82 Å². The molecule has 66 valence electrons. The van der Waals surface area contributed by atoms with E-state index in [4.69, 9.17) is 5.73 Å². The fourth-order valence-electron chi connectivity index (χ4n) is 0.994. The van der Waals surface area contributed by atoms with Crippen molar-refractivity contribution in [1.29, 1.82) is 0 Å². The maximum atomic E-state index is 5.74. The summed E-state index contributed by atoms with van der Waals surface area (Å²) in [4.78, 5) is 9.14. The number of thiophene rings is 1. The van der Waals surface area contributed by atoms with Gasteiger partial charge in [-0.1, -0.05) is 6.07 Å². The number of hydrogen-bond donors (Lipinski definition) is 1. The fraction of sp³-hybridized carbons (Fsp3) is 0. The Morgan fingerprint density at radius 3 is 2.92 bits per heavy atom. The topological polar surface area (TPSA) is 51.8 Å².